The Hall–Kier alpha value is -2.37. The van der Waals surface area contributed by atoms with Gasteiger partial charge < -0.3 is 15.2 Å². The fourth-order valence-electron chi connectivity index (χ4n) is 2.52. The highest BCUT2D eigenvalue weighted by Gasteiger charge is 2.20. The summed E-state index contributed by atoms with van der Waals surface area (Å²) in [6.45, 7) is 6.66. The van der Waals surface area contributed by atoms with E-state index < -0.39 is 17.9 Å². The quantitative estimate of drug-likeness (QED) is 0.745. The van der Waals surface area contributed by atoms with E-state index in [2.05, 4.69) is 5.32 Å². The second-order valence-electron chi connectivity index (χ2n) is 7.24. The summed E-state index contributed by atoms with van der Waals surface area (Å²) in [5, 5.41) is 13.3. The predicted molar refractivity (Wildman–Crippen MR) is 102 cm³/mol. The monoisotopic (exact) mass is 356 g/mol. The molecule has 2 N–H and O–H groups in total. The summed E-state index contributed by atoms with van der Waals surface area (Å²) in [5.74, 6) is 0. The van der Waals surface area contributed by atoms with Gasteiger partial charge in [0.05, 0.1) is 6.54 Å². The number of hydrogen-bond acceptors (Lipinski definition) is 4. The third kappa shape index (κ3) is 7.25. The number of aliphatic hydroxyl groups excluding tert-OH is 1. The van der Waals surface area contributed by atoms with Crippen LogP contribution in [0, 0.1) is 0 Å². The maximum Gasteiger partial charge on any atom is 0.407 e. The molecular weight excluding hydrogens is 328 g/mol. The topological polar surface area (TPSA) is 61.8 Å². The molecule has 0 fully saturated rings. The molecule has 140 valence electrons. The third-order valence-electron chi connectivity index (χ3n) is 3.71. The number of alkyl carbamates (subject to hydrolysis) is 1. The summed E-state index contributed by atoms with van der Waals surface area (Å²) < 4.78 is 5.22. The molecule has 0 aliphatic rings. The third-order valence-corrected chi connectivity index (χ3v) is 3.71. The number of nitrogens with zero attached hydrogens (tertiary/aromatic N) is 1. The normalized spacial score (nSPS) is 12.7. The molecule has 0 radical (unpaired) electrons. The van der Waals surface area contributed by atoms with E-state index in [0.717, 1.165) is 11.1 Å². The van der Waals surface area contributed by atoms with Crippen molar-refractivity contribution in [2.24, 2.45) is 0 Å². The van der Waals surface area contributed by atoms with Gasteiger partial charge >= 0.3 is 6.09 Å². The SMILES string of the molecule is CC(C)(C)OC(=O)NCC(O)N(Cc1ccccc1)Cc1ccccc1. The van der Waals surface area contributed by atoms with Crippen LogP contribution < -0.4 is 5.32 Å². The number of nitrogens with one attached hydrogen (secondary N) is 1. The molecule has 1 amide bonds. The fourth-order valence-corrected chi connectivity index (χ4v) is 2.52. The van der Waals surface area contributed by atoms with Crippen LogP contribution >= 0.6 is 0 Å². The highest BCUT2D eigenvalue weighted by atomic mass is 16.6. The van der Waals surface area contributed by atoms with Gasteiger partial charge in [0.15, 0.2) is 0 Å². The molecule has 1 unspecified atom stereocenters. The first-order chi connectivity index (χ1) is 12.3. The van der Waals surface area contributed by atoms with Gasteiger partial charge in [-0.15, -0.1) is 0 Å². The van der Waals surface area contributed by atoms with Gasteiger partial charge in [0, 0.05) is 13.1 Å². The van der Waals surface area contributed by atoms with Crippen LogP contribution in [0.25, 0.3) is 0 Å². The second-order valence-corrected chi connectivity index (χ2v) is 7.24. The lowest BCUT2D eigenvalue weighted by molar-refractivity contribution is -0.0108. The summed E-state index contributed by atoms with van der Waals surface area (Å²) >= 11 is 0. The van der Waals surface area contributed by atoms with Gasteiger partial charge in [-0.05, 0) is 31.9 Å². The lowest BCUT2D eigenvalue weighted by Gasteiger charge is -2.29. The van der Waals surface area contributed by atoms with E-state index in [4.69, 9.17) is 4.74 Å². The smallest absolute Gasteiger partial charge is 0.407 e. The van der Waals surface area contributed by atoms with E-state index in [9.17, 15) is 9.90 Å². The van der Waals surface area contributed by atoms with Crippen LogP contribution in [0.3, 0.4) is 0 Å². The molecule has 0 saturated heterocycles. The molecule has 2 aromatic carbocycles. The van der Waals surface area contributed by atoms with E-state index in [0.29, 0.717) is 13.1 Å². The Kier molecular flexibility index (Phi) is 7.18. The number of benzene rings is 2. The van der Waals surface area contributed by atoms with Gasteiger partial charge in [-0.25, -0.2) is 4.79 Å². The fraction of sp³-hybridized carbons (Fsp3) is 0.381. The van der Waals surface area contributed by atoms with Gasteiger partial charge in [-0.3, -0.25) is 4.90 Å². The van der Waals surface area contributed by atoms with Gasteiger partial charge in [0.25, 0.3) is 0 Å². The second kappa shape index (κ2) is 9.36. The van der Waals surface area contributed by atoms with Crippen molar-refractivity contribution in [2.45, 2.75) is 45.7 Å². The Morgan fingerprint density at radius 1 is 1.00 bits per heavy atom. The van der Waals surface area contributed by atoms with E-state index in [1.807, 2.05) is 65.6 Å². The van der Waals surface area contributed by atoms with Crippen molar-refractivity contribution < 1.29 is 14.6 Å². The maximum atomic E-state index is 11.8. The molecule has 1 atom stereocenters. The molecular formula is C21H28N2O3. The first-order valence-electron chi connectivity index (χ1n) is 8.80. The molecule has 2 rings (SSSR count). The van der Waals surface area contributed by atoms with Crippen LogP contribution in [-0.4, -0.2) is 34.5 Å². The number of carbonyl (C=O) groups excluding carboxylic acids is 1. The number of aliphatic hydroxyl groups is 1. The number of hydrogen-bond donors (Lipinski definition) is 2. The van der Waals surface area contributed by atoms with Crippen LogP contribution in [0.1, 0.15) is 31.9 Å². The summed E-state index contributed by atoms with van der Waals surface area (Å²) in [5.41, 5.74) is 1.63. The molecule has 0 aliphatic carbocycles. The lowest BCUT2D eigenvalue weighted by Crippen LogP contribution is -2.44. The Bertz CT molecular complexity index is 627. The molecule has 0 spiro atoms. The number of rotatable bonds is 7. The minimum Gasteiger partial charge on any atom is -0.444 e. The Labute approximate surface area is 155 Å². The van der Waals surface area contributed by atoms with Crippen molar-refractivity contribution in [3.05, 3.63) is 71.8 Å². The Balaban J connectivity index is 2.00. The molecule has 5 nitrogen and oxygen atoms in total. The minimum absolute atomic E-state index is 0.0918. The predicted octanol–water partition coefficient (Wildman–Crippen LogP) is 3.53. The highest BCUT2D eigenvalue weighted by molar-refractivity contribution is 5.67. The molecule has 0 heterocycles. The zero-order valence-electron chi connectivity index (χ0n) is 15.7. The van der Waals surface area contributed by atoms with Crippen molar-refractivity contribution >= 4 is 6.09 Å². The minimum atomic E-state index is -0.831. The Morgan fingerprint density at radius 3 is 1.88 bits per heavy atom. The van der Waals surface area contributed by atoms with Crippen molar-refractivity contribution in [2.75, 3.05) is 6.54 Å². The van der Waals surface area contributed by atoms with E-state index >= 15 is 0 Å². The van der Waals surface area contributed by atoms with E-state index in [-0.39, 0.29) is 6.54 Å². The molecule has 5 heteroatoms. The Morgan fingerprint density at radius 2 is 1.46 bits per heavy atom. The van der Waals surface area contributed by atoms with Crippen molar-refractivity contribution in [1.29, 1.82) is 0 Å². The first-order valence-corrected chi connectivity index (χ1v) is 8.80. The van der Waals surface area contributed by atoms with Crippen LogP contribution in [0.15, 0.2) is 60.7 Å². The highest BCUT2D eigenvalue weighted by Crippen LogP contribution is 2.13. The molecule has 0 saturated carbocycles. The maximum absolute atomic E-state index is 11.8. The molecule has 26 heavy (non-hydrogen) atoms. The average Bonchev–Trinajstić information content (AvgIpc) is 2.59. The van der Waals surface area contributed by atoms with Gasteiger partial charge in [0.2, 0.25) is 0 Å². The molecule has 0 aromatic heterocycles. The van der Waals surface area contributed by atoms with Gasteiger partial charge in [0.1, 0.15) is 11.8 Å². The number of amides is 1. The number of carbonyl (C=O) groups is 1. The summed E-state index contributed by atoms with van der Waals surface area (Å²) in [7, 11) is 0. The first kappa shape index (κ1) is 19.9. The molecule has 0 aliphatic heterocycles. The van der Waals surface area contributed by atoms with Crippen molar-refractivity contribution in [3.8, 4) is 0 Å². The zero-order chi connectivity index (χ0) is 19.0. The van der Waals surface area contributed by atoms with Crippen LogP contribution in [0.5, 0.6) is 0 Å². The largest absolute Gasteiger partial charge is 0.444 e. The molecule has 2 aromatic rings. The van der Waals surface area contributed by atoms with E-state index in [1.54, 1.807) is 20.8 Å². The van der Waals surface area contributed by atoms with Gasteiger partial charge in [-0.2, -0.15) is 0 Å². The van der Waals surface area contributed by atoms with Crippen molar-refractivity contribution in [1.82, 2.24) is 10.2 Å². The summed E-state index contributed by atoms with van der Waals surface area (Å²) in [4.78, 5) is 13.8. The standard InChI is InChI=1S/C21H28N2O3/c1-21(2,3)26-20(25)22-14-19(24)23(15-17-10-6-4-7-11-17)16-18-12-8-5-9-13-18/h4-13,19,24H,14-16H2,1-3H3,(H,22,25). The van der Waals surface area contributed by atoms with Crippen LogP contribution in [0.2, 0.25) is 0 Å². The van der Waals surface area contributed by atoms with Gasteiger partial charge in [-0.1, -0.05) is 60.7 Å². The summed E-state index contributed by atoms with van der Waals surface area (Å²) in [6, 6.07) is 19.9. The van der Waals surface area contributed by atoms with Crippen LogP contribution in [0.4, 0.5) is 4.79 Å². The summed E-state index contributed by atoms with van der Waals surface area (Å²) in [6.07, 6.45) is -1.36. The number of ether oxygens (including phenoxy) is 1. The van der Waals surface area contributed by atoms with Crippen LogP contribution in [-0.2, 0) is 17.8 Å². The molecule has 0 bridgehead atoms. The lowest BCUT2D eigenvalue weighted by atomic mass is 10.1. The average molecular weight is 356 g/mol. The van der Waals surface area contributed by atoms with Crippen molar-refractivity contribution in [3.63, 3.8) is 0 Å². The van der Waals surface area contributed by atoms with E-state index in [1.165, 1.54) is 0 Å². The zero-order valence-corrected chi connectivity index (χ0v) is 15.7.